The predicted octanol–water partition coefficient (Wildman–Crippen LogP) is 2.75. The van der Waals surface area contributed by atoms with E-state index < -0.39 is 0 Å². The van der Waals surface area contributed by atoms with Crippen LogP contribution < -0.4 is 10.1 Å². The van der Waals surface area contributed by atoms with Crippen molar-refractivity contribution in [2.45, 2.75) is 6.42 Å². The molecule has 0 radical (unpaired) electrons. The highest BCUT2D eigenvalue weighted by Gasteiger charge is 2.07. The van der Waals surface area contributed by atoms with E-state index in [4.69, 9.17) is 10.00 Å². The van der Waals surface area contributed by atoms with E-state index in [1.807, 2.05) is 30.3 Å². The second kappa shape index (κ2) is 6.39. The molecule has 2 aromatic carbocycles. The van der Waals surface area contributed by atoms with Gasteiger partial charge in [-0.15, -0.1) is 0 Å². The molecule has 0 aliphatic carbocycles. The molecule has 0 aliphatic heterocycles. The molecule has 0 aromatic heterocycles. The second-order valence-corrected chi connectivity index (χ2v) is 4.23. The number of para-hydroxylation sites is 1. The van der Waals surface area contributed by atoms with E-state index in [-0.39, 0.29) is 12.3 Å². The van der Waals surface area contributed by atoms with Crippen LogP contribution in [0, 0.1) is 11.3 Å². The highest BCUT2D eigenvalue weighted by atomic mass is 16.5. The van der Waals surface area contributed by atoms with E-state index in [9.17, 15) is 4.79 Å². The number of methoxy groups -OCH3 is 1. The molecular formula is C16H14N2O2. The Hall–Kier alpha value is -2.80. The van der Waals surface area contributed by atoms with Crippen LogP contribution in [0.5, 0.6) is 5.75 Å². The summed E-state index contributed by atoms with van der Waals surface area (Å²) in [7, 11) is 1.60. The molecule has 1 N–H and O–H groups in total. The van der Waals surface area contributed by atoms with Crippen LogP contribution in [0.15, 0.2) is 48.5 Å². The van der Waals surface area contributed by atoms with Gasteiger partial charge in [-0.1, -0.05) is 24.3 Å². The summed E-state index contributed by atoms with van der Waals surface area (Å²) in [6.07, 6.45) is 0.254. The number of carbonyl (C=O) groups excluding carboxylic acids is 1. The van der Waals surface area contributed by atoms with Crippen LogP contribution in [-0.4, -0.2) is 13.0 Å². The monoisotopic (exact) mass is 266 g/mol. The normalized spacial score (nSPS) is 9.60. The first-order valence-corrected chi connectivity index (χ1v) is 6.15. The first kappa shape index (κ1) is 13.6. The van der Waals surface area contributed by atoms with Gasteiger partial charge in [0.15, 0.2) is 0 Å². The molecule has 0 bridgehead atoms. The van der Waals surface area contributed by atoms with Crippen molar-refractivity contribution < 1.29 is 9.53 Å². The number of carbonyl (C=O) groups is 1. The molecule has 4 nitrogen and oxygen atoms in total. The highest BCUT2D eigenvalue weighted by molar-refractivity contribution is 5.93. The van der Waals surface area contributed by atoms with Crippen LogP contribution in [0.1, 0.15) is 11.1 Å². The SMILES string of the molecule is COc1ccc(CC(=O)Nc2ccccc2C#N)cc1. The number of amides is 1. The lowest BCUT2D eigenvalue weighted by atomic mass is 10.1. The Kier molecular flexibility index (Phi) is 4.35. The molecule has 0 saturated heterocycles. The van der Waals surface area contributed by atoms with Crippen LogP contribution in [0.2, 0.25) is 0 Å². The van der Waals surface area contributed by atoms with Gasteiger partial charge >= 0.3 is 0 Å². The lowest BCUT2D eigenvalue weighted by Gasteiger charge is -2.07. The second-order valence-electron chi connectivity index (χ2n) is 4.23. The summed E-state index contributed by atoms with van der Waals surface area (Å²) in [5.74, 6) is 0.599. The van der Waals surface area contributed by atoms with Gasteiger partial charge in [0.1, 0.15) is 11.8 Å². The summed E-state index contributed by atoms with van der Waals surface area (Å²) in [5.41, 5.74) is 1.88. The molecular weight excluding hydrogens is 252 g/mol. The first-order chi connectivity index (χ1) is 9.72. The largest absolute Gasteiger partial charge is 0.497 e. The van der Waals surface area contributed by atoms with E-state index in [2.05, 4.69) is 5.32 Å². The minimum Gasteiger partial charge on any atom is -0.497 e. The fraction of sp³-hybridized carbons (Fsp3) is 0.125. The quantitative estimate of drug-likeness (QED) is 0.925. The van der Waals surface area contributed by atoms with E-state index in [0.717, 1.165) is 11.3 Å². The molecule has 100 valence electrons. The van der Waals surface area contributed by atoms with Crippen molar-refractivity contribution in [1.29, 1.82) is 5.26 Å². The Bertz CT molecular complexity index is 642. The maximum atomic E-state index is 12.0. The highest BCUT2D eigenvalue weighted by Crippen LogP contribution is 2.15. The molecule has 0 fully saturated rings. The number of anilines is 1. The van der Waals surface area contributed by atoms with Crippen molar-refractivity contribution in [2.75, 3.05) is 12.4 Å². The van der Waals surface area contributed by atoms with Gasteiger partial charge in [0.05, 0.1) is 24.8 Å². The zero-order valence-electron chi connectivity index (χ0n) is 11.1. The van der Waals surface area contributed by atoms with Gasteiger partial charge in [0.25, 0.3) is 0 Å². The Balaban J connectivity index is 2.03. The number of nitriles is 1. The average molecular weight is 266 g/mol. The summed E-state index contributed by atoms with van der Waals surface area (Å²) in [6, 6.07) is 16.3. The molecule has 0 atom stereocenters. The Morgan fingerprint density at radius 2 is 1.90 bits per heavy atom. The van der Waals surface area contributed by atoms with E-state index in [0.29, 0.717) is 11.3 Å². The minimum absolute atomic E-state index is 0.155. The lowest BCUT2D eigenvalue weighted by Crippen LogP contribution is -2.15. The first-order valence-electron chi connectivity index (χ1n) is 6.15. The number of ether oxygens (including phenoxy) is 1. The van der Waals surface area contributed by atoms with Gasteiger partial charge in [-0.3, -0.25) is 4.79 Å². The molecule has 1 amide bonds. The van der Waals surface area contributed by atoms with Crippen molar-refractivity contribution >= 4 is 11.6 Å². The van der Waals surface area contributed by atoms with Crippen molar-refractivity contribution in [1.82, 2.24) is 0 Å². The lowest BCUT2D eigenvalue weighted by molar-refractivity contribution is -0.115. The molecule has 2 rings (SSSR count). The van der Waals surface area contributed by atoms with Gasteiger partial charge in [-0.05, 0) is 29.8 Å². The van der Waals surface area contributed by atoms with Crippen LogP contribution in [-0.2, 0) is 11.2 Å². The summed E-state index contributed by atoms with van der Waals surface area (Å²) < 4.78 is 5.06. The zero-order chi connectivity index (χ0) is 14.4. The van der Waals surface area contributed by atoms with E-state index in [1.54, 1.807) is 31.4 Å². The predicted molar refractivity (Wildman–Crippen MR) is 76.5 cm³/mol. The Labute approximate surface area is 117 Å². The van der Waals surface area contributed by atoms with Crippen LogP contribution >= 0.6 is 0 Å². The van der Waals surface area contributed by atoms with Gasteiger partial charge in [-0.2, -0.15) is 5.26 Å². The fourth-order valence-corrected chi connectivity index (χ4v) is 1.81. The number of hydrogen-bond donors (Lipinski definition) is 1. The number of hydrogen-bond acceptors (Lipinski definition) is 3. The molecule has 0 spiro atoms. The number of rotatable bonds is 4. The molecule has 2 aromatic rings. The molecule has 0 unspecified atom stereocenters. The summed E-state index contributed by atoms with van der Waals surface area (Å²) in [6.45, 7) is 0. The van der Waals surface area contributed by atoms with Gasteiger partial charge in [-0.25, -0.2) is 0 Å². The number of nitrogens with zero attached hydrogens (tertiary/aromatic N) is 1. The van der Waals surface area contributed by atoms with Crippen molar-refractivity contribution in [3.63, 3.8) is 0 Å². The van der Waals surface area contributed by atoms with Crippen LogP contribution in [0.3, 0.4) is 0 Å². The molecule has 4 heteroatoms. The van der Waals surface area contributed by atoms with Crippen molar-refractivity contribution in [2.24, 2.45) is 0 Å². The molecule has 0 heterocycles. The average Bonchev–Trinajstić information content (AvgIpc) is 2.48. The van der Waals surface area contributed by atoms with Gasteiger partial charge in [0, 0.05) is 0 Å². The third kappa shape index (κ3) is 3.36. The van der Waals surface area contributed by atoms with Crippen LogP contribution in [0.25, 0.3) is 0 Å². The third-order valence-electron chi connectivity index (χ3n) is 2.85. The van der Waals surface area contributed by atoms with Gasteiger partial charge in [0.2, 0.25) is 5.91 Å². The Morgan fingerprint density at radius 3 is 2.55 bits per heavy atom. The summed E-state index contributed by atoms with van der Waals surface area (Å²) in [4.78, 5) is 12.0. The van der Waals surface area contributed by atoms with Gasteiger partial charge < -0.3 is 10.1 Å². The number of benzene rings is 2. The summed E-state index contributed by atoms with van der Waals surface area (Å²) in [5, 5.41) is 11.7. The molecule has 0 aliphatic rings. The van der Waals surface area contributed by atoms with E-state index in [1.165, 1.54) is 0 Å². The Morgan fingerprint density at radius 1 is 1.20 bits per heavy atom. The zero-order valence-corrected chi connectivity index (χ0v) is 11.1. The molecule has 20 heavy (non-hydrogen) atoms. The van der Waals surface area contributed by atoms with Crippen molar-refractivity contribution in [3.05, 3.63) is 59.7 Å². The maximum absolute atomic E-state index is 12.0. The number of nitrogens with one attached hydrogen (secondary N) is 1. The van der Waals surface area contributed by atoms with Crippen LogP contribution in [0.4, 0.5) is 5.69 Å². The standard InChI is InChI=1S/C16H14N2O2/c1-20-14-8-6-12(7-9-14)10-16(19)18-15-5-3-2-4-13(15)11-17/h2-9H,10H2,1H3,(H,18,19). The smallest absolute Gasteiger partial charge is 0.228 e. The third-order valence-corrected chi connectivity index (χ3v) is 2.85. The topological polar surface area (TPSA) is 62.1 Å². The summed E-state index contributed by atoms with van der Waals surface area (Å²) >= 11 is 0. The fourth-order valence-electron chi connectivity index (χ4n) is 1.81. The molecule has 0 saturated carbocycles. The van der Waals surface area contributed by atoms with E-state index >= 15 is 0 Å². The minimum atomic E-state index is -0.155. The van der Waals surface area contributed by atoms with Crippen molar-refractivity contribution in [3.8, 4) is 11.8 Å². The maximum Gasteiger partial charge on any atom is 0.228 e.